The number of rotatable bonds is 4. The molecular formula is C26H27N5. The molecule has 5 nitrogen and oxygen atoms in total. The SMILES string of the molecule is C=C1Cc2c(n(C)c3ccccc23)C(N(N)c2ccccc2)(N(N)c2ccccc2)C1. The maximum absolute atomic E-state index is 6.97. The van der Waals surface area contributed by atoms with E-state index in [1.54, 1.807) is 0 Å². The van der Waals surface area contributed by atoms with Crippen molar-refractivity contribution in [3.05, 3.63) is 108 Å². The fourth-order valence-corrected chi connectivity index (χ4v) is 5.02. The molecule has 0 aliphatic heterocycles. The summed E-state index contributed by atoms with van der Waals surface area (Å²) in [6.45, 7) is 4.40. The van der Waals surface area contributed by atoms with Gasteiger partial charge in [-0.3, -0.25) is 10.0 Å². The first-order valence-electron chi connectivity index (χ1n) is 10.5. The molecule has 0 saturated heterocycles. The minimum Gasteiger partial charge on any atom is -0.344 e. The van der Waals surface area contributed by atoms with Crippen LogP contribution >= 0.6 is 0 Å². The zero-order valence-corrected chi connectivity index (χ0v) is 17.7. The van der Waals surface area contributed by atoms with Gasteiger partial charge in [0, 0.05) is 24.4 Å². The maximum atomic E-state index is 6.97. The number of hydrogen-bond donors (Lipinski definition) is 2. The van der Waals surface area contributed by atoms with Crippen LogP contribution in [-0.4, -0.2) is 4.57 Å². The number of para-hydroxylation sites is 3. The molecule has 4 N–H and O–H groups in total. The van der Waals surface area contributed by atoms with Gasteiger partial charge >= 0.3 is 0 Å². The Labute approximate surface area is 182 Å². The van der Waals surface area contributed by atoms with E-state index in [9.17, 15) is 0 Å². The van der Waals surface area contributed by atoms with E-state index < -0.39 is 5.66 Å². The Morgan fingerprint density at radius 3 is 1.90 bits per heavy atom. The zero-order valence-electron chi connectivity index (χ0n) is 17.7. The molecule has 31 heavy (non-hydrogen) atoms. The van der Waals surface area contributed by atoms with Gasteiger partial charge in [-0.1, -0.05) is 66.7 Å². The van der Waals surface area contributed by atoms with E-state index in [1.165, 1.54) is 10.9 Å². The summed E-state index contributed by atoms with van der Waals surface area (Å²) in [5, 5.41) is 4.83. The molecule has 0 saturated carbocycles. The highest BCUT2D eigenvalue weighted by Crippen LogP contribution is 2.48. The van der Waals surface area contributed by atoms with Crippen molar-refractivity contribution in [2.24, 2.45) is 18.7 Å². The highest BCUT2D eigenvalue weighted by Gasteiger charge is 2.49. The third-order valence-electron chi connectivity index (χ3n) is 6.38. The standard InChI is InChI=1S/C26H27N5/c1-19-17-23-22-15-9-10-16-24(22)29(2)25(23)26(18-19,30(27)20-11-5-3-6-12-20)31(28)21-13-7-4-8-14-21/h3-16H,1,17-18,27-28H2,2H3. The number of benzene rings is 3. The van der Waals surface area contributed by atoms with Gasteiger partial charge in [0.15, 0.2) is 5.66 Å². The lowest BCUT2D eigenvalue weighted by molar-refractivity contribution is 0.342. The van der Waals surface area contributed by atoms with Crippen molar-refractivity contribution >= 4 is 22.3 Å². The van der Waals surface area contributed by atoms with E-state index in [4.69, 9.17) is 11.7 Å². The van der Waals surface area contributed by atoms with Crippen molar-refractivity contribution < 1.29 is 0 Å². The van der Waals surface area contributed by atoms with Crippen LogP contribution < -0.4 is 21.7 Å². The molecule has 0 atom stereocenters. The number of hydrogen-bond acceptors (Lipinski definition) is 4. The van der Waals surface area contributed by atoms with E-state index in [1.807, 2.05) is 70.7 Å². The molecule has 0 bridgehead atoms. The molecule has 0 radical (unpaired) electrons. The lowest BCUT2D eigenvalue weighted by atomic mass is 9.82. The van der Waals surface area contributed by atoms with Crippen LogP contribution in [0.3, 0.4) is 0 Å². The maximum Gasteiger partial charge on any atom is 0.185 e. The van der Waals surface area contributed by atoms with Gasteiger partial charge in [0.2, 0.25) is 0 Å². The average molecular weight is 410 g/mol. The van der Waals surface area contributed by atoms with Crippen LogP contribution in [0.4, 0.5) is 11.4 Å². The summed E-state index contributed by atoms with van der Waals surface area (Å²) in [5.74, 6) is 13.9. The lowest BCUT2D eigenvalue weighted by Crippen LogP contribution is -2.66. The Morgan fingerprint density at radius 2 is 1.32 bits per heavy atom. The quantitative estimate of drug-likeness (QED) is 0.224. The largest absolute Gasteiger partial charge is 0.344 e. The molecule has 1 aliphatic rings. The number of aromatic nitrogens is 1. The van der Waals surface area contributed by atoms with E-state index in [-0.39, 0.29) is 0 Å². The fourth-order valence-electron chi connectivity index (χ4n) is 5.02. The van der Waals surface area contributed by atoms with E-state index in [0.717, 1.165) is 34.6 Å². The first-order chi connectivity index (χ1) is 15.0. The van der Waals surface area contributed by atoms with Gasteiger partial charge < -0.3 is 4.57 Å². The second-order valence-corrected chi connectivity index (χ2v) is 8.23. The molecule has 0 fully saturated rings. The highest BCUT2D eigenvalue weighted by atomic mass is 15.6. The predicted molar refractivity (Wildman–Crippen MR) is 128 cm³/mol. The van der Waals surface area contributed by atoms with Crippen molar-refractivity contribution in [1.82, 2.24) is 4.57 Å². The van der Waals surface area contributed by atoms with Crippen LogP contribution in [0.15, 0.2) is 97.1 Å². The van der Waals surface area contributed by atoms with Gasteiger partial charge in [-0.25, -0.2) is 11.7 Å². The zero-order chi connectivity index (χ0) is 21.6. The summed E-state index contributed by atoms with van der Waals surface area (Å²) in [7, 11) is 2.10. The van der Waals surface area contributed by atoms with Gasteiger partial charge in [-0.2, -0.15) is 0 Å². The summed E-state index contributed by atoms with van der Waals surface area (Å²) in [5.41, 5.74) is 5.52. The van der Waals surface area contributed by atoms with Crippen molar-refractivity contribution in [1.29, 1.82) is 0 Å². The number of hydrazine groups is 2. The Hall–Kier alpha value is -3.54. The topological polar surface area (TPSA) is 63.5 Å². The molecular weight excluding hydrogens is 382 g/mol. The molecule has 156 valence electrons. The highest BCUT2D eigenvalue weighted by molar-refractivity contribution is 5.87. The molecule has 0 amide bonds. The second kappa shape index (κ2) is 7.30. The van der Waals surface area contributed by atoms with Crippen LogP contribution in [0, 0.1) is 0 Å². The minimum atomic E-state index is -0.846. The van der Waals surface area contributed by atoms with Crippen molar-refractivity contribution in [2.45, 2.75) is 18.5 Å². The molecule has 5 heteroatoms. The lowest BCUT2D eigenvalue weighted by Gasteiger charge is -2.51. The first-order valence-corrected chi connectivity index (χ1v) is 10.5. The Balaban J connectivity index is 1.85. The Bertz CT molecular complexity index is 1200. The Morgan fingerprint density at radius 1 is 0.806 bits per heavy atom. The van der Waals surface area contributed by atoms with E-state index in [0.29, 0.717) is 6.42 Å². The van der Waals surface area contributed by atoms with Gasteiger partial charge in [0.05, 0.1) is 17.1 Å². The number of anilines is 2. The predicted octanol–water partition coefficient (Wildman–Crippen LogP) is 4.59. The number of nitrogens with zero attached hydrogens (tertiary/aromatic N) is 3. The third-order valence-corrected chi connectivity index (χ3v) is 6.38. The molecule has 4 aromatic rings. The van der Waals surface area contributed by atoms with Crippen molar-refractivity contribution in [3.8, 4) is 0 Å². The van der Waals surface area contributed by atoms with Crippen LogP contribution in [0.2, 0.25) is 0 Å². The molecule has 1 aromatic heterocycles. The van der Waals surface area contributed by atoms with Gasteiger partial charge in [-0.15, -0.1) is 0 Å². The summed E-state index contributed by atoms with van der Waals surface area (Å²) in [6.07, 6.45) is 1.42. The van der Waals surface area contributed by atoms with Crippen molar-refractivity contribution in [3.63, 3.8) is 0 Å². The third kappa shape index (κ3) is 2.86. The molecule has 5 rings (SSSR count). The average Bonchev–Trinajstić information content (AvgIpc) is 3.11. The van der Waals surface area contributed by atoms with Crippen molar-refractivity contribution in [2.75, 3.05) is 10.0 Å². The normalized spacial score (nSPS) is 15.0. The number of fused-ring (bicyclic) bond motifs is 3. The number of nitrogens with two attached hydrogens (primary N) is 2. The molecule has 1 aliphatic carbocycles. The van der Waals surface area contributed by atoms with Gasteiger partial charge in [-0.05, 0) is 42.3 Å². The van der Waals surface area contributed by atoms with Crippen LogP contribution in [0.5, 0.6) is 0 Å². The fraction of sp³-hybridized carbons (Fsp3) is 0.154. The Kier molecular flexibility index (Phi) is 4.58. The van der Waals surface area contributed by atoms with E-state index >= 15 is 0 Å². The molecule has 3 aromatic carbocycles. The minimum absolute atomic E-state index is 0.612. The summed E-state index contributed by atoms with van der Waals surface area (Å²) in [4.78, 5) is 0. The summed E-state index contributed by atoms with van der Waals surface area (Å²) in [6, 6.07) is 28.5. The molecule has 0 spiro atoms. The first kappa shape index (κ1) is 19.4. The van der Waals surface area contributed by atoms with Crippen LogP contribution in [0.1, 0.15) is 17.7 Å². The van der Waals surface area contributed by atoms with Gasteiger partial charge in [0.1, 0.15) is 0 Å². The summed E-state index contributed by atoms with van der Waals surface area (Å²) >= 11 is 0. The monoisotopic (exact) mass is 409 g/mol. The van der Waals surface area contributed by atoms with Crippen LogP contribution in [-0.2, 0) is 19.1 Å². The molecule has 1 heterocycles. The second-order valence-electron chi connectivity index (χ2n) is 8.23. The van der Waals surface area contributed by atoms with Gasteiger partial charge in [0.25, 0.3) is 0 Å². The van der Waals surface area contributed by atoms with Crippen LogP contribution in [0.25, 0.3) is 10.9 Å². The smallest absolute Gasteiger partial charge is 0.185 e. The number of aryl methyl sites for hydroxylation is 1. The summed E-state index contributed by atoms with van der Waals surface area (Å²) < 4.78 is 2.24. The van der Waals surface area contributed by atoms with E-state index in [2.05, 4.69) is 42.5 Å². The molecule has 0 unspecified atom stereocenters.